The number of fused-ring (bicyclic) bond motifs is 4. The van der Waals surface area contributed by atoms with Gasteiger partial charge < -0.3 is 14.2 Å². The summed E-state index contributed by atoms with van der Waals surface area (Å²) in [5.74, 6) is 1.29. The second kappa shape index (κ2) is 6.38. The molecule has 0 aromatic heterocycles. The van der Waals surface area contributed by atoms with Crippen molar-refractivity contribution in [3.63, 3.8) is 0 Å². The quantitative estimate of drug-likeness (QED) is 0.451. The van der Waals surface area contributed by atoms with Gasteiger partial charge in [-0.2, -0.15) is 5.26 Å². The van der Waals surface area contributed by atoms with Crippen LogP contribution in [0, 0.1) is 39.9 Å². The zero-order chi connectivity index (χ0) is 23.3. The van der Waals surface area contributed by atoms with E-state index in [4.69, 9.17) is 14.2 Å². The fraction of sp³-hybridized carbons (Fsp3) is 0.808. The van der Waals surface area contributed by atoms with Crippen molar-refractivity contribution in [3.8, 4) is 6.07 Å². The van der Waals surface area contributed by atoms with Crippen LogP contribution in [-0.2, 0) is 23.8 Å². The first-order valence-electron chi connectivity index (χ1n) is 12.1. The molecule has 1 spiro atoms. The minimum absolute atomic E-state index is 0.0279. The molecule has 8 atom stereocenters. The van der Waals surface area contributed by atoms with E-state index in [9.17, 15) is 14.9 Å². The molecular formula is C26H35NO5. The third-order valence-electron chi connectivity index (χ3n) is 10.6. The van der Waals surface area contributed by atoms with E-state index in [1.165, 1.54) is 13.8 Å². The molecule has 0 radical (unpaired) electrons. The summed E-state index contributed by atoms with van der Waals surface area (Å²) >= 11 is 0. The third kappa shape index (κ3) is 2.39. The molecule has 0 bridgehead atoms. The van der Waals surface area contributed by atoms with Crippen LogP contribution in [0.15, 0.2) is 11.3 Å². The fourth-order valence-electron chi connectivity index (χ4n) is 9.05. The van der Waals surface area contributed by atoms with Crippen LogP contribution in [0.1, 0.15) is 86.5 Å². The monoisotopic (exact) mass is 441 g/mol. The van der Waals surface area contributed by atoms with Crippen molar-refractivity contribution >= 4 is 11.9 Å². The van der Waals surface area contributed by atoms with E-state index in [1.807, 2.05) is 6.92 Å². The molecule has 3 saturated carbocycles. The average molecular weight is 442 g/mol. The highest BCUT2D eigenvalue weighted by atomic mass is 16.7. The second-order valence-corrected chi connectivity index (χ2v) is 11.8. The van der Waals surface area contributed by atoms with Gasteiger partial charge in [0.25, 0.3) is 0 Å². The van der Waals surface area contributed by atoms with Gasteiger partial charge in [0.2, 0.25) is 0 Å². The summed E-state index contributed by atoms with van der Waals surface area (Å²) in [4.78, 5) is 23.7. The Labute approximate surface area is 190 Å². The number of esters is 2. The SMILES string of the molecule is CC(=O)OC1=C(C#N)C[C@]2(C)[C@H]3CC[C@@]4(C)[C@@H](CC[C@]4(C)OC(C)=O)[C@@H]3CC[C@]23O[C@]13C. The molecule has 4 fully saturated rings. The minimum Gasteiger partial charge on any atom is -0.459 e. The number of epoxide rings is 1. The Balaban J connectivity index is 1.52. The molecule has 1 saturated heterocycles. The van der Waals surface area contributed by atoms with E-state index in [0.29, 0.717) is 35.5 Å². The second-order valence-electron chi connectivity index (χ2n) is 11.8. The lowest BCUT2D eigenvalue weighted by Gasteiger charge is -2.60. The number of ether oxygens (including phenoxy) is 3. The Morgan fingerprint density at radius 2 is 1.62 bits per heavy atom. The zero-order valence-electron chi connectivity index (χ0n) is 20.2. The summed E-state index contributed by atoms with van der Waals surface area (Å²) < 4.78 is 18.0. The van der Waals surface area contributed by atoms with E-state index in [1.54, 1.807) is 0 Å². The topological polar surface area (TPSA) is 88.9 Å². The summed E-state index contributed by atoms with van der Waals surface area (Å²) in [6, 6.07) is 2.35. The molecule has 6 nitrogen and oxygen atoms in total. The Morgan fingerprint density at radius 3 is 2.25 bits per heavy atom. The predicted octanol–water partition coefficient (Wildman–Crippen LogP) is 4.82. The van der Waals surface area contributed by atoms with Gasteiger partial charge in [0, 0.05) is 24.7 Å². The smallest absolute Gasteiger partial charge is 0.307 e. The Morgan fingerprint density at radius 1 is 0.969 bits per heavy atom. The van der Waals surface area contributed by atoms with Gasteiger partial charge in [-0.15, -0.1) is 0 Å². The van der Waals surface area contributed by atoms with Crippen molar-refractivity contribution in [2.24, 2.45) is 28.6 Å². The van der Waals surface area contributed by atoms with Crippen LogP contribution in [0.5, 0.6) is 0 Å². The van der Waals surface area contributed by atoms with Gasteiger partial charge in [-0.05, 0) is 76.5 Å². The van der Waals surface area contributed by atoms with Crippen molar-refractivity contribution in [2.75, 3.05) is 0 Å². The molecule has 0 amide bonds. The predicted molar refractivity (Wildman–Crippen MR) is 116 cm³/mol. The lowest BCUT2D eigenvalue weighted by molar-refractivity contribution is -0.182. The highest BCUT2D eigenvalue weighted by Gasteiger charge is 2.83. The van der Waals surface area contributed by atoms with E-state index in [0.717, 1.165) is 38.5 Å². The Hall–Kier alpha value is -1.87. The average Bonchev–Trinajstić information content (AvgIpc) is 3.25. The highest BCUT2D eigenvalue weighted by Crippen LogP contribution is 2.77. The molecule has 174 valence electrons. The number of carbonyl (C=O) groups is 2. The number of hydrogen-bond donors (Lipinski definition) is 0. The van der Waals surface area contributed by atoms with Gasteiger partial charge in [-0.3, -0.25) is 9.59 Å². The number of nitriles is 1. The maximum absolute atomic E-state index is 11.9. The maximum Gasteiger partial charge on any atom is 0.307 e. The molecule has 0 aromatic carbocycles. The van der Waals surface area contributed by atoms with Crippen LogP contribution in [-0.4, -0.2) is 28.7 Å². The van der Waals surface area contributed by atoms with Crippen LogP contribution < -0.4 is 0 Å². The van der Waals surface area contributed by atoms with Crippen molar-refractivity contribution in [1.82, 2.24) is 0 Å². The van der Waals surface area contributed by atoms with Crippen molar-refractivity contribution < 1.29 is 23.8 Å². The molecule has 0 N–H and O–H groups in total. The zero-order valence-corrected chi connectivity index (χ0v) is 20.2. The summed E-state index contributed by atoms with van der Waals surface area (Å²) in [7, 11) is 0. The van der Waals surface area contributed by atoms with E-state index < -0.39 is 17.2 Å². The molecule has 32 heavy (non-hydrogen) atoms. The van der Waals surface area contributed by atoms with Gasteiger partial charge >= 0.3 is 11.9 Å². The molecule has 5 rings (SSSR count). The normalized spacial score (nSPS) is 50.8. The summed E-state index contributed by atoms with van der Waals surface area (Å²) in [5, 5.41) is 9.96. The number of hydrogen-bond acceptors (Lipinski definition) is 6. The van der Waals surface area contributed by atoms with Gasteiger partial charge in [0.1, 0.15) is 11.2 Å². The van der Waals surface area contributed by atoms with Crippen LogP contribution in [0.3, 0.4) is 0 Å². The Bertz CT molecular complexity index is 981. The van der Waals surface area contributed by atoms with E-state index >= 15 is 0 Å². The molecule has 0 unspecified atom stereocenters. The van der Waals surface area contributed by atoms with E-state index in [-0.39, 0.29) is 22.4 Å². The highest BCUT2D eigenvalue weighted by molar-refractivity contribution is 5.69. The van der Waals surface area contributed by atoms with Crippen LogP contribution >= 0.6 is 0 Å². The van der Waals surface area contributed by atoms with Crippen molar-refractivity contribution in [2.45, 2.75) is 103 Å². The number of nitrogens with zero attached hydrogens (tertiary/aromatic N) is 1. The molecule has 6 heteroatoms. The van der Waals surface area contributed by atoms with Crippen LogP contribution in [0.2, 0.25) is 0 Å². The first-order valence-corrected chi connectivity index (χ1v) is 12.1. The van der Waals surface area contributed by atoms with E-state index in [2.05, 4.69) is 26.8 Å². The summed E-state index contributed by atoms with van der Waals surface area (Å²) in [6.45, 7) is 11.7. The number of carbonyl (C=O) groups excluding carboxylic acids is 2. The molecule has 5 aliphatic rings. The van der Waals surface area contributed by atoms with Gasteiger partial charge in [-0.25, -0.2) is 0 Å². The summed E-state index contributed by atoms with van der Waals surface area (Å²) in [5.41, 5.74) is -1.14. The van der Waals surface area contributed by atoms with Crippen molar-refractivity contribution in [3.05, 3.63) is 11.3 Å². The van der Waals surface area contributed by atoms with Crippen LogP contribution in [0.4, 0.5) is 0 Å². The molecule has 1 aliphatic heterocycles. The maximum atomic E-state index is 11.9. The fourth-order valence-corrected chi connectivity index (χ4v) is 9.05. The number of rotatable bonds is 2. The standard InChI is InChI=1S/C26H35NO5/c1-15(28)30-21-17(14-27)13-23(4)20-8-10-22(3)19(9-11-24(22,5)31-16(2)29)18(20)7-12-26(23)25(21,6)32-26/h18-20H,7-13H2,1-6H3/t18-,19-,20-,22-,23+,24-,25+,26-/m0/s1. The van der Waals surface area contributed by atoms with Crippen LogP contribution in [0.25, 0.3) is 0 Å². The summed E-state index contributed by atoms with van der Waals surface area (Å²) in [6.07, 6.45) is 6.58. The van der Waals surface area contributed by atoms with Crippen molar-refractivity contribution in [1.29, 1.82) is 5.26 Å². The Kier molecular flexibility index (Phi) is 4.37. The third-order valence-corrected chi connectivity index (χ3v) is 10.6. The molecule has 4 aliphatic carbocycles. The van der Waals surface area contributed by atoms with Gasteiger partial charge in [0.05, 0.1) is 11.6 Å². The largest absolute Gasteiger partial charge is 0.459 e. The first-order chi connectivity index (χ1) is 14.9. The van der Waals surface area contributed by atoms with Gasteiger partial charge in [0.15, 0.2) is 11.4 Å². The lowest BCUT2D eigenvalue weighted by atomic mass is 9.43. The minimum atomic E-state index is -0.704. The van der Waals surface area contributed by atoms with Gasteiger partial charge in [-0.1, -0.05) is 13.8 Å². The first kappa shape index (κ1) is 21.9. The lowest BCUT2D eigenvalue weighted by Crippen LogP contribution is -2.60. The number of allylic oxidation sites excluding steroid dienone is 1. The molecule has 0 aromatic rings. The molecular weight excluding hydrogens is 406 g/mol. The molecule has 1 heterocycles.